The number of ether oxygens (including phenoxy) is 2. The average Bonchev–Trinajstić information content (AvgIpc) is 2.94. The second-order valence-corrected chi connectivity index (χ2v) is 6.34. The van der Waals surface area contributed by atoms with E-state index in [1.54, 1.807) is 12.1 Å². The normalized spacial score (nSPS) is 14.9. The van der Waals surface area contributed by atoms with Crippen LogP contribution in [0.15, 0.2) is 54.2 Å². The molecule has 0 aliphatic carbocycles. The van der Waals surface area contributed by atoms with Gasteiger partial charge in [-0.3, -0.25) is 10.1 Å². The highest BCUT2D eigenvalue weighted by atomic mass is 35.5. The molecule has 7 heteroatoms. The van der Waals surface area contributed by atoms with Crippen LogP contribution in [0.25, 0.3) is 6.08 Å². The van der Waals surface area contributed by atoms with E-state index in [-0.39, 0.29) is 5.91 Å². The molecule has 0 atom stereocenters. The zero-order valence-electron chi connectivity index (χ0n) is 13.8. The summed E-state index contributed by atoms with van der Waals surface area (Å²) in [6.07, 6.45) is 2.44. The summed E-state index contributed by atoms with van der Waals surface area (Å²) in [4.78, 5) is 11.7. The predicted molar refractivity (Wildman–Crippen MR) is 105 cm³/mol. The molecule has 3 rings (SSSR count). The summed E-state index contributed by atoms with van der Waals surface area (Å²) in [5, 5.41) is 6.25. The number of hydrogen-bond donors (Lipinski definition) is 2. The van der Waals surface area contributed by atoms with Gasteiger partial charge < -0.3 is 14.8 Å². The molecule has 0 aromatic heterocycles. The molecule has 0 radical (unpaired) electrons. The summed E-state index contributed by atoms with van der Waals surface area (Å²) in [6, 6.07) is 14.8. The summed E-state index contributed by atoms with van der Waals surface area (Å²) in [7, 11) is 0. The number of rotatable bonds is 7. The van der Waals surface area contributed by atoms with Crippen LogP contribution in [0.5, 0.6) is 11.5 Å². The Morgan fingerprint density at radius 1 is 1.04 bits per heavy atom. The molecule has 134 valence electrons. The average molecular weight is 389 g/mol. The molecule has 0 bridgehead atoms. The molecule has 0 spiro atoms. The highest BCUT2D eigenvalue weighted by molar-refractivity contribution is 7.80. The first-order valence-electron chi connectivity index (χ1n) is 8.06. The number of carbonyl (C=O) groups excluding carboxylic acids is 1. The fourth-order valence-corrected chi connectivity index (χ4v) is 2.73. The molecule has 1 saturated heterocycles. The molecule has 1 fully saturated rings. The van der Waals surface area contributed by atoms with Gasteiger partial charge in [0.25, 0.3) is 5.91 Å². The number of hydrogen-bond acceptors (Lipinski definition) is 4. The molecule has 0 saturated carbocycles. The molecular weight excluding hydrogens is 372 g/mol. The third-order valence-electron chi connectivity index (χ3n) is 3.54. The van der Waals surface area contributed by atoms with Gasteiger partial charge in [-0.05, 0) is 48.1 Å². The second kappa shape index (κ2) is 8.69. The molecule has 5 nitrogen and oxygen atoms in total. The van der Waals surface area contributed by atoms with E-state index in [2.05, 4.69) is 10.6 Å². The number of amides is 1. The van der Waals surface area contributed by atoms with Crippen LogP contribution >= 0.6 is 23.8 Å². The van der Waals surface area contributed by atoms with Crippen LogP contribution in [-0.4, -0.2) is 24.2 Å². The van der Waals surface area contributed by atoms with Crippen molar-refractivity contribution in [1.82, 2.24) is 10.6 Å². The van der Waals surface area contributed by atoms with Crippen molar-refractivity contribution < 1.29 is 14.3 Å². The van der Waals surface area contributed by atoms with E-state index < -0.39 is 0 Å². The number of para-hydroxylation sites is 1. The van der Waals surface area contributed by atoms with Crippen LogP contribution in [-0.2, 0) is 4.79 Å². The number of halogens is 1. The van der Waals surface area contributed by atoms with Gasteiger partial charge in [-0.1, -0.05) is 35.9 Å². The van der Waals surface area contributed by atoms with E-state index in [0.29, 0.717) is 34.8 Å². The van der Waals surface area contributed by atoms with Crippen LogP contribution in [0, 0.1) is 0 Å². The van der Waals surface area contributed by atoms with Crippen molar-refractivity contribution in [1.29, 1.82) is 0 Å². The first-order chi connectivity index (χ1) is 12.6. The van der Waals surface area contributed by atoms with Crippen molar-refractivity contribution in [3.8, 4) is 11.5 Å². The molecular formula is C19H17ClN2O3S. The molecule has 1 aliphatic rings. The van der Waals surface area contributed by atoms with Crippen molar-refractivity contribution in [3.63, 3.8) is 0 Å². The lowest BCUT2D eigenvalue weighted by atomic mass is 10.2. The number of nitrogens with one attached hydrogen (secondary N) is 2. The number of carbonyl (C=O) groups is 1. The van der Waals surface area contributed by atoms with E-state index >= 15 is 0 Å². The van der Waals surface area contributed by atoms with E-state index in [1.165, 1.54) is 0 Å². The van der Waals surface area contributed by atoms with Crippen LogP contribution in [0.3, 0.4) is 0 Å². The van der Waals surface area contributed by atoms with Crippen LogP contribution in [0.2, 0.25) is 5.02 Å². The molecule has 2 N–H and O–H groups in total. The molecule has 1 heterocycles. The minimum atomic E-state index is -0.238. The summed E-state index contributed by atoms with van der Waals surface area (Å²) in [5.41, 5.74) is 1.26. The van der Waals surface area contributed by atoms with Crippen molar-refractivity contribution in [2.45, 2.75) is 6.42 Å². The molecule has 0 unspecified atom stereocenters. The smallest absolute Gasteiger partial charge is 0.273 e. The summed E-state index contributed by atoms with van der Waals surface area (Å²) in [6.45, 7) is 1.02. The Kier molecular flexibility index (Phi) is 6.09. The van der Waals surface area contributed by atoms with Gasteiger partial charge in [0.2, 0.25) is 0 Å². The Balaban J connectivity index is 1.48. The fourth-order valence-electron chi connectivity index (χ4n) is 2.34. The summed E-state index contributed by atoms with van der Waals surface area (Å²) in [5.74, 6) is 1.15. The lowest BCUT2D eigenvalue weighted by Crippen LogP contribution is -2.21. The Hall–Kier alpha value is -2.57. The summed E-state index contributed by atoms with van der Waals surface area (Å²) >= 11 is 10.9. The monoisotopic (exact) mass is 388 g/mol. The van der Waals surface area contributed by atoms with E-state index in [9.17, 15) is 4.79 Å². The molecule has 1 aliphatic heterocycles. The molecule has 1 amide bonds. The van der Waals surface area contributed by atoms with Gasteiger partial charge in [-0.2, -0.15) is 0 Å². The third kappa shape index (κ3) is 4.97. The van der Waals surface area contributed by atoms with E-state index in [0.717, 1.165) is 17.7 Å². The Labute approximate surface area is 161 Å². The van der Waals surface area contributed by atoms with Crippen LogP contribution < -0.4 is 20.1 Å². The second-order valence-electron chi connectivity index (χ2n) is 5.52. The SMILES string of the molecule is O=C1NC(=S)N/C1=C\c1cccc(OCCCOc2ccccc2Cl)c1. The van der Waals surface area contributed by atoms with Crippen molar-refractivity contribution in [3.05, 3.63) is 64.8 Å². The maximum absolute atomic E-state index is 11.7. The van der Waals surface area contributed by atoms with Gasteiger partial charge in [0.15, 0.2) is 5.11 Å². The first-order valence-corrected chi connectivity index (χ1v) is 8.85. The number of thiocarbonyl (C=S) groups is 1. The highest BCUT2D eigenvalue weighted by Crippen LogP contribution is 2.23. The fraction of sp³-hybridized carbons (Fsp3) is 0.158. The largest absolute Gasteiger partial charge is 0.493 e. The Bertz CT molecular complexity index is 854. The van der Waals surface area contributed by atoms with Crippen molar-refractivity contribution in [2.24, 2.45) is 0 Å². The van der Waals surface area contributed by atoms with Gasteiger partial charge in [0.05, 0.1) is 18.2 Å². The van der Waals surface area contributed by atoms with Gasteiger partial charge in [0.1, 0.15) is 17.2 Å². The minimum absolute atomic E-state index is 0.238. The van der Waals surface area contributed by atoms with Gasteiger partial charge in [0, 0.05) is 6.42 Å². The predicted octanol–water partition coefficient (Wildman–Crippen LogP) is 3.53. The van der Waals surface area contributed by atoms with Gasteiger partial charge in [-0.15, -0.1) is 0 Å². The maximum atomic E-state index is 11.7. The van der Waals surface area contributed by atoms with Crippen LogP contribution in [0.4, 0.5) is 0 Å². The minimum Gasteiger partial charge on any atom is -0.493 e. The topological polar surface area (TPSA) is 59.6 Å². The van der Waals surface area contributed by atoms with Crippen LogP contribution in [0.1, 0.15) is 12.0 Å². The highest BCUT2D eigenvalue weighted by Gasteiger charge is 2.19. The van der Waals surface area contributed by atoms with E-state index in [1.807, 2.05) is 42.5 Å². The zero-order valence-corrected chi connectivity index (χ0v) is 15.4. The summed E-state index contributed by atoms with van der Waals surface area (Å²) < 4.78 is 11.4. The lowest BCUT2D eigenvalue weighted by molar-refractivity contribution is -0.115. The quantitative estimate of drug-likeness (QED) is 0.431. The Morgan fingerprint density at radius 2 is 1.85 bits per heavy atom. The Morgan fingerprint density at radius 3 is 2.62 bits per heavy atom. The van der Waals surface area contributed by atoms with Crippen molar-refractivity contribution >= 4 is 40.9 Å². The number of benzene rings is 2. The van der Waals surface area contributed by atoms with Gasteiger partial charge in [-0.25, -0.2) is 0 Å². The molecule has 26 heavy (non-hydrogen) atoms. The first kappa shape index (κ1) is 18.2. The maximum Gasteiger partial charge on any atom is 0.273 e. The van der Waals surface area contributed by atoms with Gasteiger partial charge >= 0.3 is 0 Å². The zero-order chi connectivity index (χ0) is 18.4. The molecule has 2 aromatic carbocycles. The van der Waals surface area contributed by atoms with E-state index in [4.69, 9.17) is 33.3 Å². The standard InChI is InChI=1S/C19H17ClN2O3S/c20-15-7-1-2-8-17(15)25-10-4-9-24-14-6-3-5-13(11-14)12-16-18(23)22-19(26)21-16/h1-3,5-8,11-12H,4,9-10H2,(H2,21,22,23,26)/b16-12-. The lowest BCUT2D eigenvalue weighted by Gasteiger charge is -2.09. The van der Waals surface area contributed by atoms with Crippen molar-refractivity contribution in [2.75, 3.05) is 13.2 Å². The third-order valence-corrected chi connectivity index (χ3v) is 4.06. The molecule has 2 aromatic rings.